The average molecular weight is 441 g/mol. The summed E-state index contributed by atoms with van der Waals surface area (Å²) in [5.41, 5.74) is 3.64. The summed E-state index contributed by atoms with van der Waals surface area (Å²) in [4.78, 5) is 14.7. The quantitative estimate of drug-likeness (QED) is 0.547. The highest BCUT2D eigenvalue weighted by Crippen LogP contribution is 2.29. The molecule has 5 nitrogen and oxygen atoms in total. The molecule has 162 valence electrons. The topological polar surface area (TPSA) is 79.0 Å². The lowest BCUT2D eigenvalue weighted by Gasteiger charge is -2.21. The second-order valence-electron chi connectivity index (χ2n) is 8.48. The molecule has 0 atom stereocenters. The van der Waals surface area contributed by atoms with Crippen LogP contribution in [-0.2, 0) is 15.4 Å². The maximum atomic E-state index is 13.7. The summed E-state index contributed by atoms with van der Waals surface area (Å²) in [6, 6.07) is 14.0. The molecule has 0 saturated carbocycles. The molecule has 0 unspecified atom stereocenters. The Kier molecular flexibility index (Phi) is 6.18. The first kappa shape index (κ1) is 22.5. The summed E-state index contributed by atoms with van der Waals surface area (Å²) in [5.74, 6) is -0.504. The van der Waals surface area contributed by atoms with Crippen LogP contribution in [0.5, 0.6) is 0 Å². The Morgan fingerprint density at radius 2 is 1.61 bits per heavy atom. The number of nitrogens with one attached hydrogen (secondary N) is 2. The number of hydrogen-bond acceptors (Lipinski definition) is 3. The maximum Gasteiger partial charge on any atom is 0.256 e. The zero-order valence-electron chi connectivity index (χ0n) is 17.9. The van der Waals surface area contributed by atoms with Crippen molar-refractivity contribution in [3.8, 4) is 11.1 Å². The van der Waals surface area contributed by atoms with E-state index in [-0.39, 0.29) is 16.5 Å². The normalized spacial score (nSPS) is 12.3. The number of hydrogen-bond donors (Lipinski definition) is 2. The summed E-state index contributed by atoms with van der Waals surface area (Å²) < 4.78 is 38.8. The van der Waals surface area contributed by atoms with Crippen LogP contribution in [0.2, 0.25) is 0 Å². The van der Waals surface area contributed by atoms with E-state index >= 15 is 0 Å². The molecule has 3 aromatic rings. The molecule has 31 heavy (non-hydrogen) atoms. The van der Waals surface area contributed by atoms with Crippen molar-refractivity contribution in [1.29, 1.82) is 0 Å². The number of benzene rings is 2. The Hall–Kier alpha value is -3.19. The molecule has 0 amide bonds. The monoisotopic (exact) mass is 440 g/mol. The highest BCUT2D eigenvalue weighted by atomic mass is 32.2. The van der Waals surface area contributed by atoms with Gasteiger partial charge in [0.15, 0.2) is 0 Å². The van der Waals surface area contributed by atoms with Crippen LogP contribution in [0.15, 0.2) is 59.5 Å². The third-order valence-corrected chi connectivity index (χ3v) is 5.29. The van der Waals surface area contributed by atoms with Crippen molar-refractivity contribution in [3.05, 3.63) is 87.6 Å². The first-order valence-corrected chi connectivity index (χ1v) is 11.6. The first-order valence-electron chi connectivity index (χ1n) is 9.71. The van der Waals surface area contributed by atoms with Gasteiger partial charge >= 0.3 is 0 Å². The van der Waals surface area contributed by atoms with E-state index in [1.54, 1.807) is 24.3 Å². The number of rotatable bonds is 5. The predicted octanol–water partition coefficient (Wildman–Crippen LogP) is 5.02. The molecule has 0 bridgehead atoms. The molecule has 2 aromatic carbocycles. The molecule has 7 heteroatoms. The van der Waals surface area contributed by atoms with Crippen LogP contribution < -0.4 is 10.3 Å². The Morgan fingerprint density at radius 3 is 2.23 bits per heavy atom. The Bertz CT molecular complexity index is 1290. The van der Waals surface area contributed by atoms with Gasteiger partial charge in [-0.1, -0.05) is 57.2 Å². The van der Waals surface area contributed by atoms with Crippen molar-refractivity contribution in [2.24, 2.45) is 0 Å². The fourth-order valence-corrected chi connectivity index (χ4v) is 3.64. The minimum atomic E-state index is -3.32. The Balaban J connectivity index is 1.99. The van der Waals surface area contributed by atoms with E-state index in [4.69, 9.17) is 0 Å². The van der Waals surface area contributed by atoms with Crippen LogP contribution in [0.1, 0.15) is 37.5 Å². The first-order chi connectivity index (χ1) is 14.4. The van der Waals surface area contributed by atoms with Crippen molar-refractivity contribution in [1.82, 2.24) is 4.98 Å². The maximum absolute atomic E-state index is 13.7. The van der Waals surface area contributed by atoms with Crippen LogP contribution in [0.4, 0.5) is 10.1 Å². The van der Waals surface area contributed by atoms with Crippen LogP contribution in [0.25, 0.3) is 23.3 Å². The molecule has 1 aromatic heterocycles. The number of aromatic nitrogens is 1. The van der Waals surface area contributed by atoms with E-state index in [9.17, 15) is 17.6 Å². The van der Waals surface area contributed by atoms with Crippen LogP contribution in [0, 0.1) is 5.82 Å². The molecule has 0 aliphatic heterocycles. The second-order valence-corrected chi connectivity index (χ2v) is 10.2. The average Bonchev–Trinajstić information content (AvgIpc) is 2.67. The van der Waals surface area contributed by atoms with Gasteiger partial charge in [0, 0.05) is 17.4 Å². The second kappa shape index (κ2) is 8.51. The zero-order chi connectivity index (χ0) is 22.8. The van der Waals surface area contributed by atoms with Crippen molar-refractivity contribution in [3.63, 3.8) is 0 Å². The summed E-state index contributed by atoms with van der Waals surface area (Å²) in [5, 5.41) is 0. The Morgan fingerprint density at radius 1 is 0.968 bits per heavy atom. The molecular weight excluding hydrogens is 415 g/mol. The van der Waals surface area contributed by atoms with Gasteiger partial charge in [-0.2, -0.15) is 0 Å². The summed E-state index contributed by atoms with van der Waals surface area (Å²) in [6.07, 6.45) is 5.95. The molecule has 0 aliphatic carbocycles. The van der Waals surface area contributed by atoms with Crippen LogP contribution in [0.3, 0.4) is 0 Å². The lowest BCUT2D eigenvalue weighted by atomic mass is 9.84. The van der Waals surface area contributed by atoms with E-state index in [1.165, 1.54) is 6.07 Å². The number of H-pyrrole nitrogens is 1. The molecule has 3 rings (SSSR count). The van der Waals surface area contributed by atoms with Crippen molar-refractivity contribution < 1.29 is 12.8 Å². The highest BCUT2D eigenvalue weighted by Gasteiger charge is 2.16. The summed E-state index contributed by atoms with van der Waals surface area (Å²) in [7, 11) is -3.32. The van der Waals surface area contributed by atoms with Gasteiger partial charge in [0.25, 0.3) is 5.56 Å². The van der Waals surface area contributed by atoms with Gasteiger partial charge in [0.2, 0.25) is 10.0 Å². The van der Waals surface area contributed by atoms with Crippen LogP contribution >= 0.6 is 0 Å². The minimum absolute atomic E-state index is 0.169. The number of aromatic amines is 1. The fourth-order valence-electron chi connectivity index (χ4n) is 3.08. The standard InChI is InChI=1S/C24H25FN2O3S/c1-24(2,3)19-12-17(11-18(13-19)22-14-20(25)15-26-23(22)28)6-5-16-7-9-21(10-8-16)27-31(4,29)30/h5-15,27H,1-4H3,(H,26,28). The van der Waals surface area contributed by atoms with E-state index in [0.29, 0.717) is 11.3 Å². The molecular formula is C24H25FN2O3S. The number of anilines is 1. The van der Waals surface area contributed by atoms with Gasteiger partial charge < -0.3 is 4.98 Å². The minimum Gasteiger partial charge on any atom is -0.326 e. The Labute approximate surface area is 181 Å². The van der Waals surface area contributed by atoms with Gasteiger partial charge in [-0.05, 0) is 51.9 Å². The highest BCUT2D eigenvalue weighted by molar-refractivity contribution is 7.92. The van der Waals surface area contributed by atoms with Gasteiger partial charge in [0.05, 0.1) is 6.26 Å². The number of sulfonamides is 1. The van der Waals surface area contributed by atoms with E-state index in [1.807, 2.05) is 30.4 Å². The largest absolute Gasteiger partial charge is 0.326 e. The molecule has 2 N–H and O–H groups in total. The van der Waals surface area contributed by atoms with Crippen molar-refractivity contribution in [2.75, 3.05) is 11.0 Å². The van der Waals surface area contributed by atoms with Gasteiger partial charge in [0.1, 0.15) is 5.82 Å². The van der Waals surface area contributed by atoms with Gasteiger partial charge in [-0.3, -0.25) is 9.52 Å². The third-order valence-electron chi connectivity index (χ3n) is 4.68. The van der Waals surface area contributed by atoms with Gasteiger partial charge in [-0.15, -0.1) is 0 Å². The molecule has 1 heterocycles. The van der Waals surface area contributed by atoms with Crippen LogP contribution in [-0.4, -0.2) is 19.7 Å². The molecule has 0 saturated heterocycles. The van der Waals surface area contributed by atoms with E-state index in [2.05, 4.69) is 30.5 Å². The molecule has 0 spiro atoms. The predicted molar refractivity (Wildman–Crippen MR) is 125 cm³/mol. The smallest absolute Gasteiger partial charge is 0.256 e. The lowest BCUT2D eigenvalue weighted by Crippen LogP contribution is -2.13. The van der Waals surface area contributed by atoms with Crippen molar-refractivity contribution >= 4 is 27.9 Å². The lowest BCUT2D eigenvalue weighted by molar-refractivity contribution is 0.590. The van der Waals surface area contributed by atoms with Crippen molar-refractivity contribution in [2.45, 2.75) is 26.2 Å². The summed E-state index contributed by atoms with van der Waals surface area (Å²) in [6.45, 7) is 6.22. The number of pyridine rings is 1. The molecule has 0 fully saturated rings. The van der Waals surface area contributed by atoms with E-state index < -0.39 is 15.8 Å². The summed E-state index contributed by atoms with van der Waals surface area (Å²) >= 11 is 0. The molecule has 0 radical (unpaired) electrons. The zero-order valence-corrected chi connectivity index (χ0v) is 18.7. The van der Waals surface area contributed by atoms with Gasteiger partial charge in [-0.25, -0.2) is 12.8 Å². The number of halogens is 1. The third kappa shape index (κ3) is 6.15. The fraction of sp³-hybridized carbons (Fsp3) is 0.208. The molecule has 0 aliphatic rings. The van der Waals surface area contributed by atoms with E-state index in [0.717, 1.165) is 29.1 Å². The SMILES string of the molecule is CC(C)(C)c1cc(C=Cc2ccc(NS(C)(=O)=O)cc2)cc(-c2cc(F)c[nH]c2=O)c1.